The summed E-state index contributed by atoms with van der Waals surface area (Å²) in [5, 5.41) is 7.22. The summed E-state index contributed by atoms with van der Waals surface area (Å²) >= 11 is 0. The lowest BCUT2D eigenvalue weighted by molar-refractivity contribution is -0.124. The first kappa shape index (κ1) is 19.5. The third-order valence-corrected chi connectivity index (χ3v) is 3.94. The summed E-state index contributed by atoms with van der Waals surface area (Å²) in [6.07, 6.45) is 0. The highest BCUT2D eigenvalue weighted by Crippen LogP contribution is 2.28. The molecule has 0 bridgehead atoms. The van der Waals surface area contributed by atoms with E-state index in [1.54, 1.807) is 26.2 Å². The Kier molecular flexibility index (Phi) is 6.38. The van der Waals surface area contributed by atoms with E-state index in [2.05, 4.69) is 10.4 Å². The topological polar surface area (TPSA) is 82.5 Å². The minimum atomic E-state index is -0.732. The van der Waals surface area contributed by atoms with E-state index in [0.29, 0.717) is 29.7 Å². The molecule has 0 spiro atoms. The molecule has 1 aromatic carbocycles. The second kappa shape index (κ2) is 8.51. The third kappa shape index (κ3) is 4.41. The number of carbonyl (C=O) groups is 1. The Balaban J connectivity index is 2.41. The van der Waals surface area contributed by atoms with Crippen LogP contribution in [0.15, 0.2) is 35.1 Å². The Labute approximate surface area is 152 Å². The molecule has 0 radical (unpaired) electrons. The average molecular weight is 359 g/mol. The predicted octanol–water partition coefficient (Wildman–Crippen LogP) is 2.26. The van der Waals surface area contributed by atoms with Crippen molar-refractivity contribution in [3.63, 3.8) is 0 Å². The maximum Gasteiger partial charge on any atom is 0.271 e. The number of ether oxygens (including phenoxy) is 2. The molecular formula is C19H25N3O4. The molecule has 0 saturated heterocycles. The molecule has 26 heavy (non-hydrogen) atoms. The first-order valence-electron chi connectivity index (χ1n) is 8.47. The van der Waals surface area contributed by atoms with Crippen LogP contribution in [0.4, 0.5) is 0 Å². The van der Waals surface area contributed by atoms with Gasteiger partial charge in [0.15, 0.2) is 5.75 Å². The van der Waals surface area contributed by atoms with E-state index in [9.17, 15) is 9.59 Å². The average Bonchev–Trinajstić information content (AvgIpc) is 2.65. The number of nitrogens with one attached hydrogen (secondary N) is 1. The number of aromatic nitrogens is 2. The van der Waals surface area contributed by atoms with Crippen molar-refractivity contribution >= 4 is 5.91 Å². The minimum Gasteiger partial charge on any atom is -0.497 e. The number of rotatable bonds is 7. The van der Waals surface area contributed by atoms with Gasteiger partial charge in [0.05, 0.1) is 14.2 Å². The van der Waals surface area contributed by atoms with E-state index in [0.717, 1.165) is 5.56 Å². The number of carbonyl (C=O) groups excluding carboxylic acids is 1. The number of benzene rings is 1. The fourth-order valence-corrected chi connectivity index (χ4v) is 2.40. The van der Waals surface area contributed by atoms with E-state index < -0.39 is 11.6 Å². The van der Waals surface area contributed by atoms with Crippen molar-refractivity contribution in [3.8, 4) is 22.8 Å². The van der Waals surface area contributed by atoms with Gasteiger partial charge in [-0.3, -0.25) is 9.59 Å². The zero-order valence-electron chi connectivity index (χ0n) is 15.8. The zero-order chi connectivity index (χ0) is 19.3. The van der Waals surface area contributed by atoms with E-state index in [1.807, 2.05) is 26.0 Å². The number of methoxy groups -OCH3 is 2. The Hall–Kier alpha value is -2.83. The predicted molar refractivity (Wildman–Crippen MR) is 99.6 cm³/mol. The number of hydrogen-bond acceptors (Lipinski definition) is 5. The second-order valence-corrected chi connectivity index (χ2v) is 6.39. The molecule has 1 aromatic heterocycles. The van der Waals surface area contributed by atoms with Crippen molar-refractivity contribution in [2.75, 3.05) is 20.8 Å². The summed E-state index contributed by atoms with van der Waals surface area (Å²) in [6.45, 7) is 6.20. The van der Waals surface area contributed by atoms with E-state index in [4.69, 9.17) is 9.47 Å². The summed E-state index contributed by atoms with van der Waals surface area (Å²) < 4.78 is 11.6. The first-order chi connectivity index (χ1) is 12.4. The Morgan fingerprint density at radius 1 is 1.15 bits per heavy atom. The summed E-state index contributed by atoms with van der Waals surface area (Å²) in [5.41, 5.74) is 0.843. The lowest BCUT2D eigenvalue weighted by Gasteiger charge is -2.17. The molecule has 1 amide bonds. The highest BCUT2D eigenvalue weighted by Gasteiger charge is 2.20. The van der Waals surface area contributed by atoms with Crippen LogP contribution in [0, 0.1) is 5.92 Å². The van der Waals surface area contributed by atoms with Crippen LogP contribution >= 0.6 is 0 Å². The van der Waals surface area contributed by atoms with Gasteiger partial charge in [-0.2, -0.15) is 5.10 Å². The van der Waals surface area contributed by atoms with Gasteiger partial charge in [0.2, 0.25) is 5.91 Å². The lowest BCUT2D eigenvalue weighted by Crippen LogP contribution is -2.38. The molecule has 0 aliphatic rings. The van der Waals surface area contributed by atoms with Gasteiger partial charge in [0.1, 0.15) is 17.5 Å². The molecule has 1 unspecified atom stereocenters. The van der Waals surface area contributed by atoms with Gasteiger partial charge >= 0.3 is 0 Å². The highest BCUT2D eigenvalue weighted by molar-refractivity contribution is 5.79. The smallest absolute Gasteiger partial charge is 0.271 e. The van der Waals surface area contributed by atoms with Crippen molar-refractivity contribution in [2.24, 2.45) is 5.92 Å². The molecule has 1 atom stereocenters. The van der Waals surface area contributed by atoms with Crippen LogP contribution in [0.5, 0.6) is 11.5 Å². The minimum absolute atomic E-state index is 0.251. The standard InChI is InChI=1S/C19H25N3O4/c1-12(2)11-20-19(24)13(3)22-17(23)10-16(26-5)18(21-22)14-6-8-15(25-4)9-7-14/h6-10,12-13H,11H2,1-5H3,(H,20,24). The van der Waals surface area contributed by atoms with Gasteiger partial charge in [-0.05, 0) is 37.1 Å². The van der Waals surface area contributed by atoms with Gasteiger partial charge < -0.3 is 14.8 Å². The van der Waals surface area contributed by atoms with Crippen LogP contribution in [0.1, 0.15) is 26.8 Å². The molecule has 140 valence electrons. The summed E-state index contributed by atoms with van der Waals surface area (Å²) in [6, 6.07) is 7.85. The van der Waals surface area contributed by atoms with E-state index >= 15 is 0 Å². The van der Waals surface area contributed by atoms with Crippen molar-refractivity contribution in [1.29, 1.82) is 0 Å². The molecule has 0 aliphatic carbocycles. The molecule has 0 aliphatic heterocycles. The van der Waals surface area contributed by atoms with E-state index in [1.165, 1.54) is 17.9 Å². The van der Waals surface area contributed by atoms with Gasteiger partial charge in [0, 0.05) is 18.2 Å². The molecule has 0 fully saturated rings. The summed E-state index contributed by atoms with van der Waals surface area (Å²) in [4.78, 5) is 24.7. The van der Waals surface area contributed by atoms with Gasteiger partial charge in [0.25, 0.3) is 5.56 Å². The first-order valence-corrected chi connectivity index (χ1v) is 8.47. The molecule has 7 nitrogen and oxygen atoms in total. The maximum absolute atomic E-state index is 12.4. The maximum atomic E-state index is 12.4. The fraction of sp³-hybridized carbons (Fsp3) is 0.421. The quantitative estimate of drug-likeness (QED) is 0.820. The Morgan fingerprint density at radius 2 is 1.81 bits per heavy atom. The molecule has 0 saturated carbocycles. The summed E-state index contributed by atoms with van der Waals surface area (Å²) in [7, 11) is 3.07. The number of hydrogen-bond donors (Lipinski definition) is 1. The third-order valence-electron chi connectivity index (χ3n) is 3.94. The van der Waals surface area contributed by atoms with Crippen molar-refractivity contribution < 1.29 is 14.3 Å². The van der Waals surface area contributed by atoms with Crippen LogP contribution in [-0.2, 0) is 4.79 Å². The SMILES string of the molecule is COc1ccc(-c2nn(C(C)C(=O)NCC(C)C)c(=O)cc2OC)cc1. The van der Waals surface area contributed by atoms with Crippen LogP contribution in [0.2, 0.25) is 0 Å². The largest absolute Gasteiger partial charge is 0.497 e. The number of amides is 1. The van der Waals surface area contributed by atoms with Crippen LogP contribution < -0.4 is 20.3 Å². The molecule has 2 aromatic rings. The number of nitrogens with zero attached hydrogens (tertiary/aromatic N) is 2. The monoisotopic (exact) mass is 359 g/mol. The van der Waals surface area contributed by atoms with Crippen LogP contribution in [0.25, 0.3) is 11.3 Å². The zero-order valence-corrected chi connectivity index (χ0v) is 15.8. The highest BCUT2D eigenvalue weighted by atomic mass is 16.5. The lowest BCUT2D eigenvalue weighted by atomic mass is 10.1. The molecule has 1 N–H and O–H groups in total. The molecule has 1 heterocycles. The van der Waals surface area contributed by atoms with Crippen molar-refractivity contribution in [3.05, 3.63) is 40.7 Å². The van der Waals surface area contributed by atoms with Gasteiger partial charge in [-0.25, -0.2) is 4.68 Å². The van der Waals surface area contributed by atoms with Gasteiger partial charge in [-0.15, -0.1) is 0 Å². The van der Waals surface area contributed by atoms with Crippen LogP contribution in [-0.4, -0.2) is 36.5 Å². The van der Waals surface area contributed by atoms with Gasteiger partial charge in [-0.1, -0.05) is 13.8 Å². The summed E-state index contributed by atoms with van der Waals surface area (Å²) in [5.74, 6) is 1.13. The van der Waals surface area contributed by atoms with E-state index in [-0.39, 0.29) is 5.91 Å². The Bertz CT molecular complexity index is 813. The normalized spacial score (nSPS) is 11.9. The second-order valence-electron chi connectivity index (χ2n) is 6.39. The van der Waals surface area contributed by atoms with Crippen molar-refractivity contribution in [1.82, 2.24) is 15.1 Å². The van der Waals surface area contributed by atoms with Crippen molar-refractivity contribution in [2.45, 2.75) is 26.8 Å². The fourth-order valence-electron chi connectivity index (χ4n) is 2.40. The molecular weight excluding hydrogens is 334 g/mol. The Morgan fingerprint density at radius 3 is 2.35 bits per heavy atom. The molecule has 2 rings (SSSR count). The van der Waals surface area contributed by atoms with Crippen LogP contribution in [0.3, 0.4) is 0 Å². The molecule has 7 heteroatoms.